The first kappa shape index (κ1) is 14.4. The molecule has 2 atom stereocenters. The standard InChI is InChI=1S/C16H25NO2/c1-4-17-15-9-10-18-11-16(15)19-14-7-5-13(6-8-14)12(2)3/h5-8,12,15-17H,4,9-11H2,1-3H3. The van der Waals surface area contributed by atoms with E-state index in [4.69, 9.17) is 9.47 Å². The van der Waals surface area contributed by atoms with Crippen LogP contribution in [-0.4, -0.2) is 31.9 Å². The van der Waals surface area contributed by atoms with Crippen molar-refractivity contribution in [3.63, 3.8) is 0 Å². The summed E-state index contributed by atoms with van der Waals surface area (Å²) in [6, 6.07) is 8.81. The summed E-state index contributed by atoms with van der Waals surface area (Å²) in [6.45, 7) is 8.99. The number of likely N-dealkylation sites (N-methyl/N-ethyl adjacent to an activating group) is 1. The van der Waals surface area contributed by atoms with Crippen LogP contribution in [0.25, 0.3) is 0 Å². The van der Waals surface area contributed by atoms with Gasteiger partial charge in [-0.1, -0.05) is 32.9 Å². The average molecular weight is 263 g/mol. The molecule has 106 valence electrons. The van der Waals surface area contributed by atoms with Crippen LogP contribution in [0.3, 0.4) is 0 Å². The van der Waals surface area contributed by atoms with Gasteiger partial charge in [-0.15, -0.1) is 0 Å². The van der Waals surface area contributed by atoms with E-state index in [-0.39, 0.29) is 6.10 Å². The molecular formula is C16H25NO2. The monoisotopic (exact) mass is 263 g/mol. The molecule has 0 bridgehead atoms. The third-order valence-corrected chi connectivity index (χ3v) is 3.60. The fourth-order valence-corrected chi connectivity index (χ4v) is 2.43. The second-order valence-corrected chi connectivity index (χ2v) is 5.41. The predicted molar refractivity (Wildman–Crippen MR) is 77.8 cm³/mol. The van der Waals surface area contributed by atoms with Crippen molar-refractivity contribution in [1.29, 1.82) is 0 Å². The maximum absolute atomic E-state index is 6.07. The summed E-state index contributed by atoms with van der Waals surface area (Å²) in [7, 11) is 0. The van der Waals surface area contributed by atoms with Crippen molar-refractivity contribution in [3.05, 3.63) is 29.8 Å². The van der Waals surface area contributed by atoms with Crippen molar-refractivity contribution < 1.29 is 9.47 Å². The zero-order chi connectivity index (χ0) is 13.7. The Morgan fingerprint density at radius 3 is 2.68 bits per heavy atom. The topological polar surface area (TPSA) is 30.5 Å². The minimum absolute atomic E-state index is 0.110. The summed E-state index contributed by atoms with van der Waals surface area (Å²) in [4.78, 5) is 0. The Balaban J connectivity index is 1.98. The first-order valence-corrected chi connectivity index (χ1v) is 7.28. The molecule has 0 spiro atoms. The summed E-state index contributed by atoms with van der Waals surface area (Å²) in [6.07, 6.45) is 1.13. The van der Waals surface area contributed by atoms with Crippen molar-refractivity contribution >= 4 is 0 Å². The summed E-state index contributed by atoms with van der Waals surface area (Å²) >= 11 is 0. The maximum Gasteiger partial charge on any atom is 0.137 e. The summed E-state index contributed by atoms with van der Waals surface area (Å²) in [5.41, 5.74) is 1.34. The number of benzene rings is 1. The zero-order valence-corrected chi connectivity index (χ0v) is 12.2. The van der Waals surface area contributed by atoms with Crippen molar-refractivity contribution in [2.45, 2.75) is 45.3 Å². The highest BCUT2D eigenvalue weighted by molar-refractivity contribution is 5.29. The van der Waals surface area contributed by atoms with Gasteiger partial charge in [0.15, 0.2) is 0 Å². The molecule has 1 N–H and O–H groups in total. The van der Waals surface area contributed by atoms with E-state index in [1.165, 1.54) is 5.56 Å². The van der Waals surface area contributed by atoms with Gasteiger partial charge in [0.05, 0.1) is 6.61 Å². The molecule has 2 rings (SSSR count). The van der Waals surface area contributed by atoms with Crippen LogP contribution in [0.5, 0.6) is 5.75 Å². The molecule has 2 unspecified atom stereocenters. The van der Waals surface area contributed by atoms with Crippen molar-refractivity contribution in [2.75, 3.05) is 19.8 Å². The molecule has 3 nitrogen and oxygen atoms in total. The van der Waals surface area contributed by atoms with Gasteiger partial charge in [-0.2, -0.15) is 0 Å². The highest BCUT2D eigenvalue weighted by Crippen LogP contribution is 2.21. The van der Waals surface area contributed by atoms with E-state index in [0.717, 1.165) is 25.3 Å². The highest BCUT2D eigenvalue weighted by Gasteiger charge is 2.26. The first-order valence-electron chi connectivity index (χ1n) is 7.28. The van der Waals surface area contributed by atoms with E-state index >= 15 is 0 Å². The van der Waals surface area contributed by atoms with Crippen LogP contribution < -0.4 is 10.1 Å². The van der Waals surface area contributed by atoms with Gasteiger partial charge < -0.3 is 14.8 Å². The molecule has 1 saturated heterocycles. The lowest BCUT2D eigenvalue weighted by molar-refractivity contribution is -0.0143. The molecular weight excluding hydrogens is 238 g/mol. The minimum Gasteiger partial charge on any atom is -0.486 e. The quantitative estimate of drug-likeness (QED) is 0.886. The van der Waals surface area contributed by atoms with Crippen LogP contribution in [-0.2, 0) is 4.74 Å². The zero-order valence-electron chi connectivity index (χ0n) is 12.2. The molecule has 19 heavy (non-hydrogen) atoms. The van der Waals surface area contributed by atoms with Crippen LogP contribution >= 0.6 is 0 Å². The molecule has 0 saturated carbocycles. The number of hydrogen-bond acceptors (Lipinski definition) is 3. The van der Waals surface area contributed by atoms with Gasteiger partial charge in [0, 0.05) is 12.6 Å². The number of hydrogen-bond donors (Lipinski definition) is 1. The lowest BCUT2D eigenvalue weighted by atomic mass is 10.0. The molecule has 1 aromatic carbocycles. The van der Waals surface area contributed by atoms with Crippen molar-refractivity contribution in [3.8, 4) is 5.75 Å². The molecule has 0 amide bonds. The van der Waals surface area contributed by atoms with Gasteiger partial charge in [-0.05, 0) is 36.6 Å². The van der Waals surface area contributed by atoms with Crippen LogP contribution in [0.1, 0.15) is 38.7 Å². The second-order valence-electron chi connectivity index (χ2n) is 5.41. The summed E-state index contributed by atoms with van der Waals surface area (Å²) in [5, 5.41) is 3.48. The Kier molecular flexibility index (Phi) is 5.23. The Hall–Kier alpha value is -1.06. The Morgan fingerprint density at radius 2 is 2.05 bits per heavy atom. The number of nitrogens with one attached hydrogen (secondary N) is 1. The van der Waals surface area contributed by atoms with Gasteiger partial charge in [-0.25, -0.2) is 0 Å². The third-order valence-electron chi connectivity index (χ3n) is 3.60. The Bertz CT molecular complexity index is 373. The molecule has 0 aromatic heterocycles. The molecule has 1 fully saturated rings. The minimum atomic E-state index is 0.110. The average Bonchev–Trinajstić information content (AvgIpc) is 2.42. The smallest absolute Gasteiger partial charge is 0.137 e. The number of rotatable bonds is 5. The van der Waals surface area contributed by atoms with E-state index < -0.39 is 0 Å². The molecule has 3 heteroatoms. The Labute approximate surface area is 116 Å². The van der Waals surface area contributed by atoms with Crippen LogP contribution in [0, 0.1) is 0 Å². The first-order chi connectivity index (χ1) is 9.20. The van der Waals surface area contributed by atoms with Crippen LogP contribution in [0.15, 0.2) is 24.3 Å². The molecule has 0 radical (unpaired) electrons. The molecule has 1 heterocycles. The number of ether oxygens (including phenoxy) is 2. The maximum atomic E-state index is 6.07. The van der Waals surface area contributed by atoms with Crippen LogP contribution in [0.2, 0.25) is 0 Å². The van der Waals surface area contributed by atoms with Gasteiger partial charge in [0.25, 0.3) is 0 Å². The molecule has 1 aliphatic heterocycles. The van der Waals surface area contributed by atoms with E-state index in [1.54, 1.807) is 0 Å². The second kappa shape index (κ2) is 6.92. The van der Waals surface area contributed by atoms with Gasteiger partial charge in [0.2, 0.25) is 0 Å². The van der Waals surface area contributed by atoms with Crippen molar-refractivity contribution in [2.24, 2.45) is 0 Å². The van der Waals surface area contributed by atoms with E-state index in [0.29, 0.717) is 18.6 Å². The SMILES string of the molecule is CCNC1CCOCC1Oc1ccc(C(C)C)cc1. The lowest BCUT2D eigenvalue weighted by Gasteiger charge is -2.32. The molecule has 0 aliphatic carbocycles. The summed E-state index contributed by atoms with van der Waals surface area (Å²) in [5.74, 6) is 1.49. The van der Waals surface area contributed by atoms with Crippen molar-refractivity contribution in [1.82, 2.24) is 5.32 Å². The van der Waals surface area contributed by atoms with Gasteiger partial charge in [0.1, 0.15) is 11.9 Å². The van der Waals surface area contributed by atoms with Gasteiger partial charge >= 0.3 is 0 Å². The lowest BCUT2D eigenvalue weighted by Crippen LogP contribution is -2.49. The third kappa shape index (κ3) is 3.95. The van der Waals surface area contributed by atoms with Crippen LogP contribution in [0.4, 0.5) is 0 Å². The fraction of sp³-hybridized carbons (Fsp3) is 0.625. The highest BCUT2D eigenvalue weighted by atomic mass is 16.5. The predicted octanol–water partition coefficient (Wildman–Crippen LogP) is 2.96. The van der Waals surface area contributed by atoms with Gasteiger partial charge in [-0.3, -0.25) is 0 Å². The molecule has 1 aliphatic rings. The molecule has 1 aromatic rings. The van der Waals surface area contributed by atoms with E-state index in [2.05, 4.69) is 50.4 Å². The summed E-state index contributed by atoms with van der Waals surface area (Å²) < 4.78 is 11.6. The van der Waals surface area contributed by atoms with E-state index in [1.807, 2.05) is 0 Å². The largest absolute Gasteiger partial charge is 0.486 e. The Morgan fingerprint density at radius 1 is 1.32 bits per heavy atom. The van der Waals surface area contributed by atoms with E-state index in [9.17, 15) is 0 Å². The normalized spacial score (nSPS) is 23.6. The fourth-order valence-electron chi connectivity index (χ4n) is 2.43.